The number of ether oxygens (including phenoxy) is 2. The van der Waals surface area contributed by atoms with Gasteiger partial charge in [0.2, 0.25) is 0 Å². The van der Waals surface area contributed by atoms with Crippen molar-refractivity contribution < 1.29 is 13.9 Å². The molecule has 0 fully saturated rings. The van der Waals surface area contributed by atoms with Crippen LogP contribution in [0.5, 0.6) is 0 Å². The van der Waals surface area contributed by atoms with Gasteiger partial charge in [-0.05, 0) is 39.0 Å². The van der Waals surface area contributed by atoms with Gasteiger partial charge in [0.05, 0.1) is 6.54 Å². The number of likely N-dealkylation sites (N-methyl/N-ethyl adjacent to an activating group) is 1. The molecule has 0 aliphatic rings. The molecule has 0 aliphatic carbocycles. The van der Waals surface area contributed by atoms with Gasteiger partial charge in [-0.15, -0.1) is 0 Å². The third-order valence-electron chi connectivity index (χ3n) is 2.63. The summed E-state index contributed by atoms with van der Waals surface area (Å²) in [6.45, 7) is 8.48. The number of halogens is 1. The quantitative estimate of drug-likeness (QED) is 0.666. The van der Waals surface area contributed by atoms with Gasteiger partial charge in [-0.1, -0.05) is 6.07 Å². The summed E-state index contributed by atoms with van der Waals surface area (Å²) < 4.78 is 24.2. The Morgan fingerprint density at radius 1 is 1.17 bits per heavy atom. The van der Waals surface area contributed by atoms with Gasteiger partial charge in [0.1, 0.15) is 5.82 Å². The molecule has 3 nitrogen and oxygen atoms in total. The van der Waals surface area contributed by atoms with Crippen molar-refractivity contribution in [2.75, 3.05) is 31.2 Å². The summed E-state index contributed by atoms with van der Waals surface area (Å²) in [6, 6.07) is 6.57. The number of benzene rings is 1. The molecule has 0 saturated heterocycles. The van der Waals surface area contributed by atoms with Crippen molar-refractivity contribution in [3.63, 3.8) is 0 Å². The van der Waals surface area contributed by atoms with E-state index in [1.165, 1.54) is 12.1 Å². The fourth-order valence-corrected chi connectivity index (χ4v) is 1.80. The molecule has 4 heteroatoms. The van der Waals surface area contributed by atoms with Crippen LogP contribution in [0.4, 0.5) is 10.1 Å². The second kappa shape index (κ2) is 8.06. The average molecular weight is 255 g/mol. The second-order valence-corrected chi connectivity index (χ2v) is 3.86. The van der Waals surface area contributed by atoms with Crippen LogP contribution in [0.3, 0.4) is 0 Å². The molecule has 0 heterocycles. The first-order valence-corrected chi connectivity index (χ1v) is 6.44. The van der Waals surface area contributed by atoms with E-state index in [2.05, 4.69) is 0 Å². The second-order valence-electron chi connectivity index (χ2n) is 3.86. The summed E-state index contributed by atoms with van der Waals surface area (Å²) in [6.07, 6.45) is -0.275. The van der Waals surface area contributed by atoms with Crippen LogP contribution in [-0.2, 0) is 9.47 Å². The SMILES string of the molecule is CCOC(CN(CC)c1cccc(F)c1)OCC. The Morgan fingerprint density at radius 3 is 2.33 bits per heavy atom. The molecule has 0 aromatic heterocycles. The van der Waals surface area contributed by atoms with Crippen LogP contribution in [0, 0.1) is 5.82 Å². The molecule has 0 atom stereocenters. The van der Waals surface area contributed by atoms with E-state index in [0.717, 1.165) is 12.2 Å². The van der Waals surface area contributed by atoms with Gasteiger partial charge < -0.3 is 14.4 Å². The van der Waals surface area contributed by atoms with Crippen LogP contribution < -0.4 is 4.90 Å². The van der Waals surface area contributed by atoms with E-state index in [-0.39, 0.29) is 12.1 Å². The maximum Gasteiger partial charge on any atom is 0.174 e. The standard InChI is InChI=1S/C14H22FNO2/c1-4-16(11-14(17-5-2)18-6-3)13-9-7-8-12(15)10-13/h7-10,14H,4-6,11H2,1-3H3. The van der Waals surface area contributed by atoms with E-state index < -0.39 is 0 Å². The van der Waals surface area contributed by atoms with Crippen molar-refractivity contribution >= 4 is 5.69 Å². The molecule has 1 aromatic carbocycles. The van der Waals surface area contributed by atoms with Crippen LogP contribution in [0.25, 0.3) is 0 Å². The number of rotatable bonds is 8. The molecule has 0 saturated carbocycles. The molecule has 0 amide bonds. The molecule has 102 valence electrons. The lowest BCUT2D eigenvalue weighted by atomic mass is 10.2. The first-order chi connectivity index (χ1) is 8.71. The highest BCUT2D eigenvalue weighted by Gasteiger charge is 2.14. The summed E-state index contributed by atoms with van der Waals surface area (Å²) in [4.78, 5) is 2.04. The Morgan fingerprint density at radius 2 is 1.83 bits per heavy atom. The van der Waals surface area contributed by atoms with E-state index >= 15 is 0 Å². The average Bonchev–Trinajstić information content (AvgIpc) is 2.36. The predicted octanol–water partition coefficient (Wildman–Crippen LogP) is 3.05. The smallest absolute Gasteiger partial charge is 0.174 e. The van der Waals surface area contributed by atoms with Gasteiger partial charge in [-0.2, -0.15) is 0 Å². The van der Waals surface area contributed by atoms with E-state index in [0.29, 0.717) is 19.8 Å². The van der Waals surface area contributed by atoms with Gasteiger partial charge in [-0.25, -0.2) is 4.39 Å². The molecular formula is C14H22FNO2. The molecule has 0 aliphatic heterocycles. The minimum Gasteiger partial charge on any atom is -0.367 e. The topological polar surface area (TPSA) is 21.7 Å². The van der Waals surface area contributed by atoms with Gasteiger partial charge in [0.25, 0.3) is 0 Å². The number of anilines is 1. The summed E-state index contributed by atoms with van der Waals surface area (Å²) in [5.74, 6) is -0.227. The van der Waals surface area contributed by atoms with Crippen molar-refractivity contribution in [2.45, 2.75) is 27.1 Å². The van der Waals surface area contributed by atoms with Crippen LogP contribution in [0.1, 0.15) is 20.8 Å². The minimum absolute atomic E-state index is 0.227. The molecular weight excluding hydrogens is 233 g/mol. The third-order valence-corrected chi connectivity index (χ3v) is 2.63. The summed E-state index contributed by atoms with van der Waals surface area (Å²) in [5, 5.41) is 0. The monoisotopic (exact) mass is 255 g/mol. The zero-order valence-corrected chi connectivity index (χ0v) is 11.4. The summed E-state index contributed by atoms with van der Waals surface area (Å²) in [7, 11) is 0. The van der Waals surface area contributed by atoms with Gasteiger partial charge in [0.15, 0.2) is 6.29 Å². The summed E-state index contributed by atoms with van der Waals surface area (Å²) in [5.41, 5.74) is 0.849. The highest BCUT2D eigenvalue weighted by molar-refractivity contribution is 5.46. The summed E-state index contributed by atoms with van der Waals surface area (Å²) >= 11 is 0. The third kappa shape index (κ3) is 4.63. The first-order valence-electron chi connectivity index (χ1n) is 6.44. The van der Waals surface area contributed by atoms with E-state index in [4.69, 9.17) is 9.47 Å². The van der Waals surface area contributed by atoms with Gasteiger partial charge >= 0.3 is 0 Å². The number of hydrogen-bond acceptors (Lipinski definition) is 3. The van der Waals surface area contributed by atoms with Crippen LogP contribution >= 0.6 is 0 Å². The molecule has 1 rings (SSSR count). The van der Waals surface area contributed by atoms with Crippen LogP contribution in [-0.4, -0.2) is 32.6 Å². The highest BCUT2D eigenvalue weighted by Crippen LogP contribution is 2.16. The van der Waals surface area contributed by atoms with Gasteiger partial charge in [-0.3, -0.25) is 0 Å². The fraction of sp³-hybridized carbons (Fsp3) is 0.571. The molecule has 0 radical (unpaired) electrons. The fourth-order valence-electron chi connectivity index (χ4n) is 1.80. The Balaban J connectivity index is 2.70. The predicted molar refractivity (Wildman–Crippen MR) is 71.3 cm³/mol. The van der Waals surface area contributed by atoms with Crippen molar-refractivity contribution in [1.29, 1.82) is 0 Å². The largest absolute Gasteiger partial charge is 0.367 e. The van der Waals surface area contributed by atoms with Crippen LogP contribution in [0.15, 0.2) is 24.3 Å². The van der Waals surface area contributed by atoms with E-state index in [1.807, 2.05) is 31.7 Å². The lowest BCUT2D eigenvalue weighted by molar-refractivity contribution is -0.129. The molecule has 0 N–H and O–H groups in total. The number of nitrogens with zero attached hydrogens (tertiary/aromatic N) is 1. The van der Waals surface area contributed by atoms with Crippen molar-refractivity contribution in [3.05, 3.63) is 30.1 Å². The lowest BCUT2D eigenvalue weighted by Crippen LogP contribution is -2.35. The Hall–Kier alpha value is -1.13. The normalized spacial score (nSPS) is 10.9. The molecule has 1 aromatic rings. The molecule has 0 unspecified atom stereocenters. The first kappa shape index (κ1) is 14.9. The van der Waals surface area contributed by atoms with Crippen molar-refractivity contribution in [3.8, 4) is 0 Å². The van der Waals surface area contributed by atoms with Crippen LogP contribution in [0.2, 0.25) is 0 Å². The highest BCUT2D eigenvalue weighted by atomic mass is 19.1. The maximum atomic E-state index is 13.2. The molecule has 0 bridgehead atoms. The van der Waals surface area contributed by atoms with E-state index in [1.54, 1.807) is 6.07 Å². The van der Waals surface area contributed by atoms with E-state index in [9.17, 15) is 4.39 Å². The number of hydrogen-bond donors (Lipinski definition) is 0. The zero-order chi connectivity index (χ0) is 13.4. The van der Waals surface area contributed by atoms with Crippen molar-refractivity contribution in [2.24, 2.45) is 0 Å². The Bertz CT molecular complexity index is 340. The van der Waals surface area contributed by atoms with Crippen molar-refractivity contribution in [1.82, 2.24) is 0 Å². The maximum absolute atomic E-state index is 13.2. The minimum atomic E-state index is -0.275. The Kier molecular flexibility index (Phi) is 6.68. The zero-order valence-electron chi connectivity index (χ0n) is 11.4. The van der Waals surface area contributed by atoms with Gasteiger partial charge in [0, 0.05) is 25.4 Å². The molecule has 0 spiro atoms. The lowest BCUT2D eigenvalue weighted by Gasteiger charge is -2.28. The Labute approximate surface area is 109 Å². The molecule has 18 heavy (non-hydrogen) atoms.